The van der Waals surface area contributed by atoms with E-state index in [1.54, 1.807) is 12.1 Å². The quantitative estimate of drug-likeness (QED) is 0.847. The average Bonchev–Trinajstić information content (AvgIpc) is 2.43. The van der Waals surface area contributed by atoms with Gasteiger partial charge in [-0.05, 0) is 24.1 Å². The largest absolute Gasteiger partial charge is 0.368 e. The van der Waals surface area contributed by atoms with E-state index in [1.165, 1.54) is 12.1 Å². The normalized spacial score (nSPS) is 19.9. The van der Waals surface area contributed by atoms with Crippen LogP contribution in [0.25, 0.3) is 0 Å². The fourth-order valence-corrected chi connectivity index (χ4v) is 2.85. The number of nitrogens with one attached hydrogen (secondary N) is 1. The van der Waals surface area contributed by atoms with E-state index in [4.69, 9.17) is 5.73 Å². The fraction of sp³-hybridized carbons (Fsp3) is 0.500. The number of nitrogens with zero attached hydrogens (tertiary/aromatic N) is 1. The monoisotopic (exact) mass is 265 g/mol. The van der Waals surface area contributed by atoms with Crippen molar-refractivity contribution >= 4 is 5.91 Å². The molecule has 1 amide bonds. The lowest BCUT2D eigenvalue weighted by atomic mass is 9.84. The molecule has 1 unspecified atom stereocenters. The highest BCUT2D eigenvalue weighted by atomic mass is 19.1. The van der Waals surface area contributed by atoms with Crippen molar-refractivity contribution in [2.24, 2.45) is 5.73 Å². The molecule has 5 heteroatoms. The summed E-state index contributed by atoms with van der Waals surface area (Å²) in [4.78, 5) is 14.2. The first-order chi connectivity index (χ1) is 9.11. The maximum Gasteiger partial charge on any atom is 0.242 e. The Bertz CT molecular complexity index is 443. The minimum absolute atomic E-state index is 0.307. The highest BCUT2D eigenvalue weighted by Crippen LogP contribution is 2.32. The van der Waals surface area contributed by atoms with Crippen LogP contribution in [0.5, 0.6) is 0 Å². The van der Waals surface area contributed by atoms with Crippen LogP contribution in [-0.4, -0.2) is 37.0 Å². The minimum Gasteiger partial charge on any atom is -0.368 e. The van der Waals surface area contributed by atoms with Crippen LogP contribution in [0.3, 0.4) is 0 Å². The second-order valence-electron chi connectivity index (χ2n) is 4.82. The van der Waals surface area contributed by atoms with Crippen molar-refractivity contribution in [3.05, 3.63) is 35.6 Å². The molecule has 1 heterocycles. The van der Waals surface area contributed by atoms with Gasteiger partial charge in [-0.1, -0.05) is 19.1 Å². The van der Waals surface area contributed by atoms with Crippen molar-refractivity contribution in [3.8, 4) is 0 Å². The molecule has 1 aromatic rings. The molecule has 0 saturated carbocycles. The maximum atomic E-state index is 13.1. The maximum absolute atomic E-state index is 13.1. The van der Waals surface area contributed by atoms with Crippen LogP contribution in [0.15, 0.2) is 24.3 Å². The summed E-state index contributed by atoms with van der Waals surface area (Å²) >= 11 is 0. The number of amides is 1. The Kier molecular flexibility index (Phi) is 4.17. The van der Waals surface area contributed by atoms with E-state index in [9.17, 15) is 9.18 Å². The van der Waals surface area contributed by atoms with Gasteiger partial charge in [0.05, 0.1) is 0 Å². The van der Waals surface area contributed by atoms with Crippen molar-refractivity contribution < 1.29 is 9.18 Å². The number of piperazine rings is 1. The Hall–Kier alpha value is -1.46. The Morgan fingerprint density at radius 2 is 1.95 bits per heavy atom. The second-order valence-corrected chi connectivity index (χ2v) is 4.82. The number of halogens is 1. The van der Waals surface area contributed by atoms with Crippen LogP contribution in [0, 0.1) is 5.82 Å². The highest BCUT2D eigenvalue weighted by molar-refractivity contribution is 5.86. The van der Waals surface area contributed by atoms with Crippen molar-refractivity contribution in [1.82, 2.24) is 10.2 Å². The molecular weight excluding hydrogens is 245 g/mol. The van der Waals surface area contributed by atoms with Crippen LogP contribution >= 0.6 is 0 Å². The van der Waals surface area contributed by atoms with E-state index in [2.05, 4.69) is 10.2 Å². The van der Waals surface area contributed by atoms with Crippen LogP contribution in [0.2, 0.25) is 0 Å². The first kappa shape index (κ1) is 14.0. The second kappa shape index (κ2) is 5.67. The zero-order valence-corrected chi connectivity index (χ0v) is 11.2. The van der Waals surface area contributed by atoms with Gasteiger partial charge >= 0.3 is 0 Å². The van der Waals surface area contributed by atoms with E-state index in [0.717, 1.165) is 31.7 Å². The molecule has 3 N–H and O–H groups in total. The lowest BCUT2D eigenvalue weighted by molar-refractivity contribution is -0.132. The summed E-state index contributed by atoms with van der Waals surface area (Å²) < 4.78 is 13.1. The highest BCUT2D eigenvalue weighted by Gasteiger charge is 2.42. The Morgan fingerprint density at radius 3 is 2.42 bits per heavy atom. The third-order valence-corrected chi connectivity index (χ3v) is 3.90. The number of primary amides is 1. The van der Waals surface area contributed by atoms with Gasteiger partial charge in [0.2, 0.25) is 5.91 Å². The first-order valence-electron chi connectivity index (χ1n) is 6.63. The van der Waals surface area contributed by atoms with Crippen LogP contribution in [-0.2, 0) is 10.3 Å². The fourth-order valence-electron chi connectivity index (χ4n) is 2.85. The summed E-state index contributed by atoms with van der Waals surface area (Å²) in [5.74, 6) is -0.679. The summed E-state index contributed by atoms with van der Waals surface area (Å²) in [6.45, 7) is 5.12. The molecule has 0 radical (unpaired) electrons. The minimum atomic E-state index is -0.837. The number of rotatable bonds is 4. The number of hydrogen-bond donors (Lipinski definition) is 2. The van der Waals surface area contributed by atoms with Crippen molar-refractivity contribution in [2.75, 3.05) is 26.2 Å². The van der Waals surface area contributed by atoms with Crippen LogP contribution < -0.4 is 11.1 Å². The van der Waals surface area contributed by atoms with Crippen molar-refractivity contribution in [3.63, 3.8) is 0 Å². The predicted molar refractivity (Wildman–Crippen MR) is 72.0 cm³/mol. The van der Waals surface area contributed by atoms with Crippen molar-refractivity contribution in [1.29, 1.82) is 0 Å². The molecule has 2 rings (SSSR count). The topological polar surface area (TPSA) is 58.4 Å². The molecule has 1 aliphatic rings. The summed E-state index contributed by atoms with van der Waals surface area (Å²) in [5.41, 5.74) is 5.62. The van der Waals surface area contributed by atoms with E-state index in [0.29, 0.717) is 6.42 Å². The van der Waals surface area contributed by atoms with E-state index in [-0.39, 0.29) is 11.7 Å². The third kappa shape index (κ3) is 2.48. The number of benzene rings is 1. The lowest BCUT2D eigenvalue weighted by Crippen LogP contribution is -2.59. The number of carbonyl (C=O) groups is 1. The van der Waals surface area contributed by atoms with Crippen LogP contribution in [0.1, 0.15) is 18.9 Å². The average molecular weight is 265 g/mol. The van der Waals surface area contributed by atoms with Gasteiger partial charge < -0.3 is 11.1 Å². The number of nitrogens with two attached hydrogens (primary N) is 1. The Labute approximate surface area is 112 Å². The zero-order chi connectivity index (χ0) is 13.9. The predicted octanol–water partition coefficient (Wildman–Crippen LogP) is 0.822. The summed E-state index contributed by atoms with van der Waals surface area (Å²) in [6, 6.07) is 6.08. The molecule has 104 valence electrons. The van der Waals surface area contributed by atoms with Crippen molar-refractivity contribution in [2.45, 2.75) is 18.9 Å². The SMILES string of the molecule is CCC(C(N)=O)(c1ccc(F)cc1)N1CCNCC1. The Morgan fingerprint density at radius 1 is 1.37 bits per heavy atom. The summed E-state index contributed by atoms with van der Waals surface area (Å²) in [5, 5.41) is 3.26. The molecule has 0 bridgehead atoms. The molecule has 1 atom stereocenters. The molecule has 0 aromatic heterocycles. The van der Waals surface area contributed by atoms with E-state index >= 15 is 0 Å². The zero-order valence-electron chi connectivity index (χ0n) is 11.2. The standard InChI is InChI=1S/C14H20FN3O/c1-2-14(13(16)19,18-9-7-17-8-10-18)11-3-5-12(15)6-4-11/h3-6,17H,2,7-10H2,1H3,(H2,16,19). The third-order valence-electron chi connectivity index (χ3n) is 3.90. The summed E-state index contributed by atoms with van der Waals surface area (Å²) in [6.07, 6.45) is 0.577. The molecule has 1 saturated heterocycles. The molecule has 0 aliphatic carbocycles. The van der Waals surface area contributed by atoms with E-state index < -0.39 is 5.54 Å². The molecule has 4 nitrogen and oxygen atoms in total. The molecule has 1 aromatic carbocycles. The smallest absolute Gasteiger partial charge is 0.242 e. The number of carbonyl (C=O) groups excluding carboxylic acids is 1. The van der Waals surface area contributed by atoms with Gasteiger partial charge in [-0.2, -0.15) is 0 Å². The van der Waals surface area contributed by atoms with Gasteiger partial charge in [0.15, 0.2) is 0 Å². The Balaban J connectivity index is 2.43. The molecule has 1 fully saturated rings. The number of hydrogen-bond acceptors (Lipinski definition) is 3. The van der Waals surface area contributed by atoms with Gasteiger partial charge in [-0.3, -0.25) is 9.69 Å². The first-order valence-corrected chi connectivity index (χ1v) is 6.63. The van der Waals surface area contributed by atoms with Gasteiger partial charge in [0.1, 0.15) is 11.4 Å². The van der Waals surface area contributed by atoms with Gasteiger partial charge in [0.25, 0.3) is 0 Å². The molecule has 1 aliphatic heterocycles. The molecule has 0 spiro atoms. The lowest BCUT2D eigenvalue weighted by Gasteiger charge is -2.43. The molecular formula is C14H20FN3O. The van der Waals surface area contributed by atoms with Crippen LogP contribution in [0.4, 0.5) is 4.39 Å². The summed E-state index contributed by atoms with van der Waals surface area (Å²) in [7, 11) is 0. The van der Waals surface area contributed by atoms with Gasteiger partial charge in [-0.25, -0.2) is 4.39 Å². The van der Waals surface area contributed by atoms with Gasteiger partial charge in [0, 0.05) is 26.2 Å². The molecule has 19 heavy (non-hydrogen) atoms. The van der Waals surface area contributed by atoms with E-state index in [1.807, 2.05) is 6.92 Å². The van der Waals surface area contributed by atoms with Gasteiger partial charge in [-0.15, -0.1) is 0 Å².